The number of amides is 1. The van der Waals surface area contributed by atoms with Crippen LogP contribution < -0.4 is 20.1 Å². The molecule has 9 heteroatoms. The second kappa shape index (κ2) is 9.46. The van der Waals surface area contributed by atoms with Crippen LogP contribution in [-0.4, -0.2) is 45.9 Å². The first-order valence-corrected chi connectivity index (χ1v) is 10.5. The third-order valence-electron chi connectivity index (χ3n) is 4.80. The molecule has 31 heavy (non-hydrogen) atoms. The minimum absolute atomic E-state index is 0.0987. The average Bonchev–Trinajstić information content (AvgIpc) is 3.51. The van der Waals surface area contributed by atoms with Gasteiger partial charge in [0.15, 0.2) is 5.82 Å². The number of ether oxygens (including phenoxy) is 2. The van der Waals surface area contributed by atoms with E-state index in [1.54, 1.807) is 12.1 Å². The van der Waals surface area contributed by atoms with Crippen LogP contribution in [0.25, 0.3) is 11.4 Å². The van der Waals surface area contributed by atoms with Gasteiger partial charge in [-0.2, -0.15) is 0 Å². The van der Waals surface area contributed by atoms with Crippen molar-refractivity contribution in [2.75, 3.05) is 30.4 Å². The van der Waals surface area contributed by atoms with Gasteiger partial charge in [0.25, 0.3) is 0 Å². The maximum atomic E-state index is 12.6. The van der Waals surface area contributed by atoms with E-state index in [1.807, 2.05) is 48.9 Å². The van der Waals surface area contributed by atoms with Gasteiger partial charge in [-0.25, -0.2) is 4.68 Å². The van der Waals surface area contributed by atoms with Crippen molar-refractivity contribution >= 4 is 17.3 Å². The quantitative estimate of drug-likeness (QED) is 0.515. The molecule has 0 spiro atoms. The molecule has 162 valence electrons. The van der Waals surface area contributed by atoms with Crippen molar-refractivity contribution in [1.29, 1.82) is 0 Å². The first-order chi connectivity index (χ1) is 15.2. The molecule has 1 aromatic heterocycles. The number of carbonyl (C=O) groups is 1. The van der Waals surface area contributed by atoms with Crippen molar-refractivity contribution in [2.45, 2.75) is 32.7 Å². The van der Waals surface area contributed by atoms with Crippen LogP contribution in [0, 0.1) is 0 Å². The molecule has 0 saturated heterocycles. The summed E-state index contributed by atoms with van der Waals surface area (Å²) in [5, 5.41) is 18.1. The molecule has 1 fully saturated rings. The number of tetrazole rings is 1. The summed E-state index contributed by atoms with van der Waals surface area (Å²) in [6.45, 7) is 4.96. The largest absolute Gasteiger partial charge is 0.494 e. The van der Waals surface area contributed by atoms with Crippen molar-refractivity contribution in [1.82, 2.24) is 20.2 Å². The molecule has 2 aromatic carbocycles. The number of benzene rings is 2. The van der Waals surface area contributed by atoms with Crippen molar-refractivity contribution in [3.8, 4) is 22.9 Å². The highest BCUT2D eigenvalue weighted by molar-refractivity contribution is 5.95. The van der Waals surface area contributed by atoms with E-state index in [0.29, 0.717) is 36.4 Å². The molecule has 0 radical (unpaired) electrons. The van der Waals surface area contributed by atoms with E-state index in [1.165, 1.54) is 0 Å². The average molecular weight is 422 g/mol. The van der Waals surface area contributed by atoms with Crippen LogP contribution in [-0.2, 0) is 4.79 Å². The molecule has 2 N–H and O–H groups in total. The maximum absolute atomic E-state index is 12.6. The number of aromatic nitrogens is 4. The van der Waals surface area contributed by atoms with E-state index in [9.17, 15) is 4.79 Å². The summed E-state index contributed by atoms with van der Waals surface area (Å²) in [5.41, 5.74) is 2.30. The fourth-order valence-corrected chi connectivity index (χ4v) is 3.24. The lowest BCUT2D eigenvalue weighted by Gasteiger charge is -2.14. The molecule has 1 aliphatic rings. The van der Waals surface area contributed by atoms with Gasteiger partial charge >= 0.3 is 0 Å². The van der Waals surface area contributed by atoms with Gasteiger partial charge in [0, 0.05) is 17.3 Å². The lowest BCUT2D eigenvalue weighted by molar-refractivity contribution is -0.114. The fraction of sp³-hybridized carbons (Fsp3) is 0.364. The van der Waals surface area contributed by atoms with E-state index in [4.69, 9.17) is 9.47 Å². The topological polar surface area (TPSA) is 103 Å². The highest BCUT2D eigenvalue weighted by atomic mass is 16.5. The summed E-state index contributed by atoms with van der Waals surface area (Å²) < 4.78 is 13.0. The Bertz CT molecular complexity index is 1050. The molecule has 4 rings (SSSR count). The molecular formula is C22H26N6O3. The van der Waals surface area contributed by atoms with Crippen molar-refractivity contribution in [3.05, 3.63) is 42.5 Å². The number of rotatable bonds is 10. The standard InChI is InChI=1S/C22H26N6O3/c1-3-30-18-10-11-20(31-4-2)19(13-18)24-21(29)14-23-16-7-5-6-15(12-16)22-25-26-27-28(22)17-8-9-17/h5-7,10-13,17,23H,3-4,8-9,14H2,1-2H3,(H,24,29). The van der Waals surface area contributed by atoms with Gasteiger partial charge in [-0.15, -0.1) is 5.10 Å². The molecule has 1 saturated carbocycles. The number of hydrogen-bond donors (Lipinski definition) is 2. The Labute approximate surface area is 180 Å². The Morgan fingerprint density at radius 2 is 1.97 bits per heavy atom. The summed E-state index contributed by atoms with van der Waals surface area (Å²) in [7, 11) is 0. The van der Waals surface area contributed by atoms with E-state index in [-0.39, 0.29) is 12.5 Å². The van der Waals surface area contributed by atoms with E-state index in [2.05, 4.69) is 26.2 Å². The second-order valence-corrected chi connectivity index (χ2v) is 7.18. The van der Waals surface area contributed by atoms with Gasteiger partial charge in [-0.3, -0.25) is 4.79 Å². The van der Waals surface area contributed by atoms with Crippen LogP contribution in [0.4, 0.5) is 11.4 Å². The van der Waals surface area contributed by atoms with Gasteiger partial charge in [0.1, 0.15) is 11.5 Å². The van der Waals surface area contributed by atoms with Crippen LogP contribution in [0.15, 0.2) is 42.5 Å². The normalized spacial score (nSPS) is 13.0. The van der Waals surface area contributed by atoms with E-state index in [0.717, 1.165) is 29.9 Å². The van der Waals surface area contributed by atoms with Crippen molar-refractivity contribution in [2.24, 2.45) is 0 Å². The smallest absolute Gasteiger partial charge is 0.243 e. The predicted octanol–water partition coefficient (Wildman–Crippen LogP) is 3.52. The highest BCUT2D eigenvalue weighted by Gasteiger charge is 2.28. The van der Waals surface area contributed by atoms with E-state index < -0.39 is 0 Å². The minimum Gasteiger partial charge on any atom is -0.494 e. The summed E-state index contributed by atoms with van der Waals surface area (Å²) in [4.78, 5) is 12.6. The Balaban J connectivity index is 1.41. The Hall–Kier alpha value is -3.62. The van der Waals surface area contributed by atoms with Crippen LogP contribution in [0.2, 0.25) is 0 Å². The van der Waals surface area contributed by atoms with Gasteiger partial charge in [-0.05, 0) is 61.4 Å². The summed E-state index contributed by atoms with van der Waals surface area (Å²) >= 11 is 0. The highest BCUT2D eigenvalue weighted by Crippen LogP contribution is 2.36. The molecule has 1 heterocycles. The molecular weight excluding hydrogens is 396 g/mol. The van der Waals surface area contributed by atoms with Gasteiger partial charge in [0.05, 0.1) is 31.5 Å². The van der Waals surface area contributed by atoms with Gasteiger partial charge in [0.2, 0.25) is 5.91 Å². The summed E-state index contributed by atoms with van der Waals surface area (Å²) in [6.07, 6.45) is 2.20. The lowest BCUT2D eigenvalue weighted by atomic mass is 10.2. The van der Waals surface area contributed by atoms with Crippen LogP contribution in [0.5, 0.6) is 11.5 Å². The van der Waals surface area contributed by atoms with E-state index >= 15 is 0 Å². The molecule has 0 unspecified atom stereocenters. The van der Waals surface area contributed by atoms with Crippen LogP contribution >= 0.6 is 0 Å². The van der Waals surface area contributed by atoms with Gasteiger partial charge in [-0.1, -0.05) is 12.1 Å². The first-order valence-electron chi connectivity index (χ1n) is 10.5. The number of carbonyl (C=O) groups excluding carboxylic acids is 1. The maximum Gasteiger partial charge on any atom is 0.243 e. The number of nitrogens with one attached hydrogen (secondary N) is 2. The molecule has 1 aliphatic carbocycles. The third-order valence-corrected chi connectivity index (χ3v) is 4.80. The fourth-order valence-electron chi connectivity index (χ4n) is 3.24. The summed E-state index contributed by atoms with van der Waals surface area (Å²) in [5.74, 6) is 1.83. The zero-order valence-electron chi connectivity index (χ0n) is 17.7. The SMILES string of the molecule is CCOc1ccc(OCC)c(NC(=O)CNc2cccc(-c3nnnn3C3CC3)c2)c1. The molecule has 0 atom stereocenters. The number of anilines is 2. The minimum atomic E-state index is -0.192. The number of hydrogen-bond acceptors (Lipinski definition) is 7. The second-order valence-electron chi connectivity index (χ2n) is 7.18. The molecule has 9 nitrogen and oxygen atoms in total. The molecule has 0 aliphatic heterocycles. The lowest BCUT2D eigenvalue weighted by Crippen LogP contribution is -2.22. The zero-order chi connectivity index (χ0) is 21.6. The zero-order valence-corrected chi connectivity index (χ0v) is 17.7. The number of nitrogens with zero attached hydrogens (tertiary/aromatic N) is 4. The Kier molecular flexibility index (Phi) is 6.30. The van der Waals surface area contributed by atoms with Crippen LogP contribution in [0.1, 0.15) is 32.7 Å². The van der Waals surface area contributed by atoms with Crippen LogP contribution in [0.3, 0.4) is 0 Å². The first kappa shape index (κ1) is 20.6. The van der Waals surface area contributed by atoms with Crippen molar-refractivity contribution < 1.29 is 14.3 Å². The third kappa shape index (κ3) is 5.11. The van der Waals surface area contributed by atoms with Crippen molar-refractivity contribution in [3.63, 3.8) is 0 Å². The summed E-state index contributed by atoms with van der Waals surface area (Å²) in [6, 6.07) is 13.5. The Morgan fingerprint density at radius 1 is 1.13 bits per heavy atom. The molecule has 0 bridgehead atoms. The predicted molar refractivity (Wildman–Crippen MR) is 117 cm³/mol. The Morgan fingerprint density at radius 3 is 2.74 bits per heavy atom. The monoisotopic (exact) mass is 422 g/mol. The van der Waals surface area contributed by atoms with Gasteiger partial charge < -0.3 is 20.1 Å². The molecule has 1 amide bonds. The molecule has 3 aromatic rings.